The summed E-state index contributed by atoms with van der Waals surface area (Å²) in [6, 6.07) is 55.2. The molecular weight excluding hydrogens is 803 g/mol. The van der Waals surface area contributed by atoms with Crippen LogP contribution in [0, 0.1) is 0 Å². The number of nitrogens with zero attached hydrogens (tertiary/aromatic N) is 3. The Hall–Kier alpha value is -7.30. The first-order valence-electron chi connectivity index (χ1n) is 23.6. The van der Waals surface area contributed by atoms with Crippen molar-refractivity contribution >= 4 is 109 Å². The van der Waals surface area contributed by atoms with E-state index < -0.39 is 0 Å². The van der Waals surface area contributed by atoms with Gasteiger partial charge in [0.1, 0.15) is 11.1 Å². The van der Waals surface area contributed by atoms with E-state index in [1.54, 1.807) is 0 Å². The van der Waals surface area contributed by atoms with Gasteiger partial charge in [-0.2, -0.15) is 0 Å². The summed E-state index contributed by atoms with van der Waals surface area (Å²) in [5, 5.41) is 12.6. The minimum absolute atomic E-state index is 0.0448. The molecule has 0 aliphatic carbocycles. The van der Waals surface area contributed by atoms with Crippen LogP contribution in [-0.2, 0) is 16.2 Å². The molecule has 6 aromatic heterocycles. The third-order valence-electron chi connectivity index (χ3n) is 15.1. The lowest BCUT2D eigenvalue weighted by atomic mass is 9.83. The maximum Gasteiger partial charge on any atom is 0.161 e. The van der Waals surface area contributed by atoms with Crippen molar-refractivity contribution in [3.63, 3.8) is 0 Å². The van der Waals surface area contributed by atoms with Gasteiger partial charge in [0.05, 0.1) is 38.6 Å². The van der Waals surface area contributed by atoms with Crippen molar-refractivity contribution in [3.05, 3.63) is 162 Å². The predicted octanol–water partition coefficient (Wildman–Crippen LogP) is 17.4. The molecule has 4 heteroatoms. The number of hydrogen-bond acceptors (Lipinski definition) is 1. The monoisotopic (exact) mass is 853 g/mol. The molecule has 4 nitrogen and oxygen atoms in total. The largest absolute Gasteiger partial charge is 0.454 e. The van der Waals surface area contributed by atoms with E-state index >= 15 is 0 Å². The van der Waals surface area contributed by atoms with E-state index in [-0.39, 0.29) is 16.2 Å². The van der Waals surface area contributed by atoms with E-state index in [1.807, 2.05) is 0 Å². The van der Waals surface area contributed by atoms with Gasteiger partial charge in [-0.3, -0.25) is 0 Å². The highest BCUT2D eigenvalue weighted by Gasteiger charge is 2.31. The summed E-state index contributed by atoms with van der Waals surface area (Å²) in [7, 11) is 0. The minimum atomic E-state index is -0.0817. The van der Waals surface area contributed by atoms with E-state index in [0.717, 1.165) is 22.1 Å². The molecule has 320 valence electrons. The van der Waals surface area contributed by atoms with Gasteiger partial charge in [0.15, 0.2) is 5.58 Å². The topological polar surface area (TPSA) is 26.9 Å². The zero-order chi connectivity index (χ0) is 44.9. The third-order valence-corrected chi connectivity index (χ3v) is 15.1. The highest BCUT2D eigenvalue weighted by atomic mass is 16.3. The van der Waals surface area contributed by atoms with Crippen LogP contribution in [0.2, 0.25) is 0 Å². The molecular formula is C62H51N3O. The Morgan fingerprint density at radius 1 is 0.364 bits per heavy atom. The average molecular weight is 854 g/mol. The van der Waals surface area contributed by atoms with Crippen LogP contribution in [0.4, 0.5) is 0 Å². The molecule has 0 aliphatic heterocycles. The van der Waals surface area contributed by atoms with Gasteiger partial charge >= 0.3 is 0 Å². The van der Waals surface area contributed by atoms with Gasteiger partial charge in [-0.05, 0) is 123 Å². The van der Waals surface area contributed by atoms with E-state index in [0.29, 0.717) is 0 Å². The highest BCUT2D eigenvalue weighted by molar-refractivity contribution is 6.35. The Balaban J connectivity index is 1.19. The van der Waals surface area contributed by atoms with E-state index in [1.165, 1.54) is 121 Å². The lowest BCUT2D eigenvalue weighted by molar-refractivity contribution is 0.591. The van der Waals surface area contributed by atoms with Gasteiger partial charge in [-0.15, -0.1) is 0 Å². The van der Waals surface area contributed by atoms with Crippen LogP contribution in [0.15, 0.2) is 150 Å². The summed E-state index contributed by atoms with van der Waals surface area (Å²) in [6.45, 7) is 21.1. The Morgan fingerprint density at radius 3 is 1.65 bits per heavy atom. The van der Waals surface area contributed by atoms with Crippen molar-refractivity contribution in [2.45, 2.75) is 78.6 Å². The van der Waals surface area contributed by atoms with E-state index in [4.69, 9.17) is 4.42 Å². The molecule has 0 aliphatic rings. The molecule has 0 spiro atoms. The van der Waals surface area contributed by atoms with Gasteiger partial charge < -0.3 is 17.8 Å². The second-order valence-corrected chi connectivity index (χ2v) is 22.2. The second-order valence-electron chi connectivity index (χ2n) is 22.2. The number of para-hydroxylation sites is 3. The van der Waals surface area contributed by atoms with E-state index in [9.17, 15) is 0 Å². The molecule has 66 heavy (non-hydrogen) atoms. The first-order valence-corrected chi connectivity index (χ1v) is 23.6. The fourth-order valence-electron chi connectivity index (χ4n) is 11.7. The van der Waals surface area contributed by atoms with Crippen molar-refractivity contribution in [2.75, 3.05) is 0 Å². The fourth-order valence-corrected chi connectivity index (χ4v) is 11.7. The van der Waals surface area contributed by atoms with Crippen LogP contribution >= 0.6 is 0 Å². The standard InChI is InChI=1S/C62H51N3O/c1-60(2,3)35-28-42(34-23-25-50-43(27-34)39-19-13-15-21-49(39)63(50)38-17-11-10-12-18-38)54-45(30-35)46-31-36(61(4,5)6)32-47-53-51(64(54)55(46)47)26-24-40-44-29-37(62(7,8)9)33-48-56(44)65(57(40)53)58-41-20-14-16-22-52(41)66-59(48)58/h10-33H,1-9H3. The number of fused-ring (bicyclic) bond motifs is 18. The summed E-state index contributed by atoms with van der Waals surface area (Å²) >= 11 is 0. The maximum absolute atomic E-state index is 6.86. The Labute approximate surface area is 382 Å². The zero-order valence-corrected chi connectivity index (χ0v) is 39.1. The molecule has 0 unspecified atom stereocenters. The van der Waals surface area contributed by atoms with Gasteiger partial charge in [0, 0.05) is 65.1 Å². The highest BCUT2D eigenvalue weighted by Crippen LogP contribution is 2.51. The van der Waals surface area contributed by atoms with Crippen LogP contribution in [0.5, 0.6) is 0 Å². The van der Waals surface area contributed by atoms with Crippen molar-refractivity contribution in [3.8, 4) is 16.8 Å². The third kappa shape index (κ3) is 4.84. The van der Waals surface area contributed by atoms with Gasteiger partial charge in [-0.25, -0.2) is 0 Å². The van der Waals surface area contributed by atoms with Crippen molar-refractivity contribution in [1.29, 1.82) is 0 Å². The number of hydrogen-bond donors (Lipinski definition) is 0. The molecule has 0 atom stereocenters. The molecule has 6 heterocycles. The van der Waals surface area contributed by atoms with Gasteiger partial charge in [0.2, 0.25) is 0 Å². The molecule has 0 N–H and O–H groups in total. The summed E-state index contributed by atoms with van der Waals surface area (Å²) in [4.78, 5) is 0. The lowest BCUT2D eigenvalue weighted by Gasteiger charge is -2.22. The summed E-state index contributed by atoms with van der Waals surface area (Å²) in [5.74, 6) is 0. The molecule has 0 radical (unpaired) electrons. The SMILES string of the molecule is CC(C)(C)c1cc(-c2ccc3c(c2)c2ccccc2n3-c2ccccc2)c2c(c1)c1cc(C(C)(C)C)cc3c4c(ccc5c6cc(C(C)(C)C)cc7c8oc9ccccc9c8n(c67)c54)n2c13. The summed E-state index contributed by atoms with van der Waals surface area (Å²) in [6.07, 6.45) is 0. The predicted molar refractivity (Wildman–Crippen MR) is 281 cm³/mol. The quantitative estimate of drug-likeness (QED) is 0.170. The van der Waals surface area contributed by atoms with Crippen LogP contribution < -0.4 is 0 Å². The molecule has 0 amide bonds. The first kappa shape index (κ1) is 38.0. The first-order chi connectivity index (χ1) is 31.6. The Bertz CT molecular complexity index is 4370. The van der Waals surface area contributed by atoms with E-state index in [2.05, 4.69) is 221 Å². The van der Waals surface area contributed by atoms with Crippen LogP contribution in [0.3, 0.4) is 0 Å². The number of furan rings is 1. The normalized spacial score (nSPS) is 13.5. The van der Waals surface area contributed by atoms with Crippen LogP contribution in [0.25, 0.3) is 126 Å². The molecule has 14 rings (SSSR count). The van der Waals surface area contributed by atoms with Gasteiger partial charge in [0.25, 0.3) is 0 Å². The molecule has 14 aromatic rings. The lowest BCUT2D eigenvalue weighted by Crippen LogP contribution is -2.11. The molecule has 0 saturated carbocycles. The maximum atomic E-state index is 6.86. The van der Waals surface area contributed by atoms with Crippen LogP contribution in [-0.4, -0.2) is 13.4 Å². The molecule has 0 bridgehead atoms. The number of aromatic nitrogens is 3. The molecule has 8 aromatic carbocycles. The average Bonchev–Trinajstić information content (AvgIpc) is 4.13. The van der Waals surface area contributed by atoms with Crippen molar-refractivity contribution in [1.82, 2.24) is 13.4 Å². The van der Waals surface area contributed by atoms with Crippen LogP contribution in [0.1, 0.15) is 79.0 Å². The smallest absolute Gasteiger partial charge is 0.161 e. The fraction of sp³-hybridized carbons (Fsp3) is 0.194. The molecule has 0 saturated heterocycles. The second kappa shape index (κ2) is 12.3. The number of benzene rings is 8. The summed E-state index contributed by atoms with van der Waals surface area (Å²) in [5.41, 5.74) is 19.2. The minimum Gasteiger partial charge on any atom is -0.454 e. The summed E-state index contributed by atoms with van der Waals surface area (Å²) < 4.78 is 14.5. The van der Waals surface area contributed by atoms with Crippen molar-refractivity contribution in [2.24, 2.45) is 0 Å². The Morgan fingerprint density at radius 2 is 0.924 bits per heavy atom. The Kier molecular flexibility index (Phi) is 7.10. The number of rotatable bonds is 2. The zero-order valence-electron chi connectivity index (χ0n) is 39.1. The van der Waals surface area contributed by atoms with Crippen molar-refractivity contribution < 1.29 is 4.42 Å². The molecule has 0 fully saturated rings. The van der Waals surface area contributed by atoms with Gasteiger partial charge in [-0.1, -0.05) is 123 Å².